The molecule has 0 atom stereocenters. The Hall–Kier alpha value is -1.32. The standard InChI is InChI=1S/C15H26N4/c1-4-12-18-13(16-3)10-14(19-12)17-11-15(5-2)8-6-7-9-15/h10H,4-9,11H2,1-3H3,(H2,16,17,18,19). The average molecular weight is 262 g/mol. The van der Waals surface area contributed by atoms with Gasteiger partial charge < -0.3 is 10.6 Å². The largest absolute Gasteiger partial charge is 0.373 e. The van der Waals surface area contributed by atoms with E-state index in [2.05, 4.69) is 34.4 Å². The van der Waals surface area contributed by atoms with Crippen molar-refractivity contribution >= 4 is 11.6 Å². The van der Waals surface area contributed by atoms with Crippen molar-refractivity contribution in [1.82, 2.24) is 9.97 Å². The SMILES string of the molecule is CCc1nc(NC)cc(NCC2(CC)CCCC2)n1. The molecule has 1 aliphatic carbocycles. The van der Waals surface area contributed by atoms with Crippen molar-refractivity contribution in [1.29, 1.82) is 0 Å². The molecule has 0 unspecified atom stereocenters. The minimum absolute atomic E-state index is 0.483. The normalized spacial score (nSPS) is 17.4. The summed E-state index contributed by atoms with van der Waals surface area (Å²) in [5.74, 6) is 2.74. The van der Waals surface area contributed by atoms with E-state index in [9.17, 15) is 0 Å². The summed E-state index contributed by atoms with van der Waals surface area (Å²) in [5.41, 5.74) is 0.483. The predicted octanol–water partition coefficient (Wildman–Crippen LogP) is 3.46. The molecule has 1 saturated carbocycles. The van der Waals surface area contributed by atoms with Crippen LogP contribution in [0, 0.1) is 5.41 Å². The minimum Gasteiger partial charge on any atom is -0.373 e. The number of aromatic nitrogens is 2. The van der Waals surface area contributed by atoms with Crippen LogP contribution in [0.4, 0.5) is 11.6 Å². The summed E-state index contributed by atoms with van der Waals surface area (Å²) < 4.78 is 0. The zero-order valence-electron chi connectivity index (χ0n) is 12.4. The minimum atomic E-state index is 0.483. The fraction of sp³-hybridized carbons (Fsp3) is 0.733. The van der Waals surface area contributed by atoms with Gasteiger partial charge in [0.25, 0.3) is 0 Å². The second-order valence-electron chi connectivity index (χ2n) is 5.57. The molecule has 4 nitrogen and oxygen atoms in total. The number of hydrogen-bond donors (Lipinski definition) is 2. The van der Waals surface area contributed by atoms with Gasteiger partial charge in [0.2, 0.25) is 0 Å². The maximum atomic E-state index is 4.56. The lowest BCUT2D eigenvalue weighted by molar-refractivity contribution is 0.306. The van der Waals surface area contributed by atoms with Crippen molar-refractivity contribution in [2.45, 2.75) is 52.4 Å². The lowest BCUT2D eigenvalue weighted by Crippen LogP contribution is -2.26. The predicted molar refractivity (Wildman–Crippen MR) is 80.6 cm³/mol. The molecule has 1 fully saturated rings. The Balaban J connectivity index is 2.06. The third-order valence-electron chi connectivity index (χ3n) is 4.40. The molecular formula is C15H26N4. The van der Waals surface area contributed by atoms with Gasteiger partial charge in [0, 0.05) is 26.1 Å². The zero-order chi connectivity index (χ0) is 13.7. The molecule has 1 aliphatic rings. The number of hydrogen-bond acceptors (Lipinski definition) is 4. The van der Waals surface area contributed by atoms with Crippen LogP contribution in [0.1, 0.15) is 51.8 Å². The van der Waals surface area contributed by atoms with E-state index in [4.69, 9.17) is 0 Å². The van der Waals surface area contributed by atoms with Crippen molar-refractivity contribution in [2.24, 2.45) is 5.41 Å². The van der Waals surface area contributed by atoms with Gasteiger partial charge in [0.05, 0.1) is 0 Å². The second-order valence-corrected chi connectivity index (χ2v) is 5.57. The van der Waals surface area contributed by atoms with Gasteiger partial charge in [-0.25, -0.2) is 9.97 Å². The van der Waals surface area contributed by atoms with Crippen LogP contribution in [0.5, 0.6) is 0 Å². The first-order valence-corrected chi connectivity index (χ1v) is 7.51. The quantitative estimate of drug-likeness (QED) is 0.824. The van der Waals surface area contributed by atoms with Gasteiger partial charge >= 0.3 is 0 Å². The summed E-state index contributed by atoms with van der Waals surface area (Å²) in [6, 6.07) is 2.00. The molecule has 4 heteroatoms. The Morgan fingerprint density at radius 3 is 2.42 bits per heavy atom. The molecular weight excluding hydrogens is 236 g/mol. The van der Waals surface area contributed by atoms with Crippen LogP contribution in [0.15, 0.2) is 6.07 Å². The number of rotatable bonds is 6. The van der Waals surface area contributed by atoms with E-state index >= 15 is 0 Å². The van der Waals surface area contributed by atoms with E-state index in [1.54, 1.807) is 0 Å². The van der Waals surface area contributed by atoms with E-state index < -0.39 is 0 Å². The smallest absolute Gasteiger partial charge is 0.132 e. The summed E-state index contributed by atoms with van der Waals surface area (Å²) in [5, 5.41) is 6.64. The van der Waals surface area contributed by atoms with Crippen LogP contribution in [0.2, 0.25) is 0 Å². The maximum absolute atomic E-state index is 4.56. The highest BCUT2D eigenvalue weighted by Gasteiger charge is 2.31. The molecule has 0 spiro atoms. The Morgan fingerprint density at radius 2 is 1.84 bits per heavy atom. The highest BCUT2D eigenvalue weighted by molar-refractivity contribution is 5.47. The van der Waals surface area contributed by atoms with Crippen LogP contribution in [0.3, 0.4) is 0 Å². The molecule has 1 aromatic heterocycles. The van der Waals surface area contributed by atoms with Crippen LogP contribution in [0.25, 0.3) is 0 Å². The van der Waals surface area contributed by atoms with Gasteiger partial charge in [-0.15, -0.1) is 0 Å². The molecule has 0 amide bonds. The van der Waals surface area contributed by atoms with Crippen LogP contribution in [-0.4, -0.2) is 23.6 Å². The van der Waals surface area contributed by atoms with Gasteiger partial charge in [-0.2, -0.15) is 0 Å². The summed E-state index contributed by atoms with van der Waals surface area (Å²) in [4.78, 5) is 8.99. The van der Waals surface area contributed by atoms with Crippen molar-refractivity contribution < 1.29 is 0 Å². The first kappa shape index (κ1) is 14.1. The maximum Gasteiger partial charge on any atom is 0.132 e. The Morgan fingerprint density at radius 1 is 1.16 bits per heavy atom. The molecule has 0 aliphatic heterocycles. The molecule has 0 saturated heterocycles. The second kappa shape index (κ2) is 6.22. The Bertz CT molecular complexity index is 388. The third kappa shape index (κ3) is 3.37. The van der Waals surface area contributed by atoms with Crippen LogP contribution >= 0.6 is 0 Å². The summed E-state index contributed by atoms with van der Waals surface area (Å²) in [6.45, 7) is 5.43. The van der Waals surface area contributed by atoms with Gasteiger partial charge in [-0.05, 0) is 24.7 Å². The molecule has 106 valence electrons. The number of nitrogens with one attached hydrogen (secondary N) is 2. The van der Waals surface area contributed by atoms with Gasteiger partial charge in [0.1, 0.15) is 17.5 Å². The zero-order valence-corrected chi connectivity index (χ0v) is 12.4. The molecule has 1 heterocycles. The number of anilines is 2. The van der Waals surface area contributed by atoms with E-state index in [1.165, 1.54) is 32.1 Å². The van der Waals surface area contributed by atoms with Gasteiger partial charge in [0.15, 0.2) is 0 Å². The van der Waals surface area contributed by atoms with Crippen molar-refractivity contribution in [3.63, 3.8) is 0 Å². The van der Waals surface area contributed by atoms with Gasteiger partial charge in [-0.3, -0.25) is 0 Å². The van der Waals surface area contributed by atoms with E-state index in [-0.39, 0.29) is 0 Å². The van der Waals surface area contributed by atoms with Crippen molar-refractivity contribution in [3.05, 3.63) is 11.9 Å². The topological polar surface area (TPSA) is 49.8 Å². The number of aryl methyl sites for hydroxylation is 1. The monoisotopic (exact) mass is 262 g/mol. The molecule has 2 rings (SSSR count). The molecule has 1 aromatic rings. The fourth-order valence-corrected chi connectivity index (χ4v) is 2.93. The lowest BCUT2D eigenvalue weighted by Gasteiger charge is -2.28. The first-order valence-electron chi connectivity index (χ1n) is 7.51. The summed E-state index contributed by atoms with van der Waals surface area (Å²) >= 11 is 0. The Labute approximate surface area is 116 Å². The summed E-state index contributed by atoms with van der Waals surface area (Å²) in [7, 11) is 1.90. The average Bonchev–Trinajstić information content (AvgIpc) is 2.94. The first-order chi connectivity index (χ1) is 9.21. The third-order valence-corrected chi connectivity index (χ3v) is 4.40. The van der Waals surface area contributed by atoms with Crippen LogP contribution in [-0.2, 0) is 6.42 Å². The highest BCUT2D eigenvalue weighted by Crippen LogP contribution is 2.40. The molecule has 0 radical (unpaired) electrons. The van der Waals surface area contributed by atoms with E-state index in [0.29, 0.717) is 5.41 Å². The fourth-order valence-electron chi connectivity index (χ4n) is 2.93. The van der Waals surface area contributed by atoms with Crippen molar-refractivity contribution in [3.8, 4) is 0 Å². The summed E-state index contributed by atoms with van der Waals surface area (Å²) in [6.07, 6.45) is 7.57. The van der Waals surface area contributed by atoms with E-state index in [1.807, 2.05) is 13.1 Å². The van der Waals surface area contributed by atoms with E-state index in [0.717, 1.165) is 30.4 Å². The number of nitrogens with zero attached hydrogens (tertiary/aromatic N) is 2. The highest BCUT2D eigenvalue weighted by atomic mass is 15.1. The molecule has 19 heavy (non-hydrogen) atoms. The Kier molecular flexibility index (Phi) is 4.61. The molecule has 0 bridgehead atoms. The van der Waals surface area contributed by atoms with Crippen molar-refractivity contribution in [2.75, 3.05) is 24.2 Å². The molecule has 2 N–H and O–H groups in total. The van der Waals surface area contributed by atoms with Crippen LogP contribution < -0.4 is 10.6 Å². The van der Waals surface area contributed by atoms with Gasteiger partial charge in [-0.1, -0.05) is 26.7 Å². The molecule has 0 aromatic carbocycles. The lowest BCUT2D eigenvalue weighted by atomic mass is 9.83.